The molecular formula is C27H16O4. The molecule has 4 aromatic carbocycles. The zero-order chi connectivity index (χ0) is 21.1. The van der Waals surface area contributed by atoms with Crippen molar-refractivity contribution in [3.63, 3.8) is 0 Å². The molecule has 0 aliphatic heterocycles. The maximum atomic E-state index is 12.9. The lowest BCUT2D eigenvalue weighted by atomic mass is 10.0. The van der Waals surface area contributed by atoms with Crippen LogP contribution >= 0.6 is 0 Å². The Hall–Kier alpha value is -4.18. The lowest BCUT2D eigenvalue weighted by Crippen LogP contribution is -2.02. The van der Waals surface area contributed by atoms with Gasteiger partial charge in [0.1, 0.15) is 22.3 Å². The molecule has 31 heavy (non-hydrogen) atoms. The molecule has 0 saturated heterocycles. The molecular weight excluding hydrogens is 388 g/mol. The Morgan fingerprint density at radius 1 is 0.516 bits per heavy atom. The number of aryl methyl sites for hydroxylation is 1. The molecule has 2 heterocycles. The minimum Gasteiger partial charge on any atom is -0.456 e. The number of benzene rings is 4. The Balaban J connectivity index is 1.57. The van der Waals surface area contributed by atoms with Gasteiger partial charge in [-0.1, -0.05) is 35.9 Å². The zero-order valence-corrected chi connectivity index (χ0v) is 16.6. The van der Waals surface area contributed by atoms with Crippen molar-refractivity contribution in [2.24, 2.45) is 0 Å². The molecule has 148 valence electrons. The summed E-state index contributed by atoms with van der Waals surface area (Å²) in [6, 6.07) is 23.9. The predicted octanol–water partition coefficient (Wildman–Crippen LogP) is 6.18. The Labute approximate surface area is 176 Å². The summed E-state index contributed by atoms with van der Waals surface area (Å²) in [5, 5.41) is 2.23. The monoisotopic (exact) mass is 404 g/mol. The van der Waals surface area contributed by atoms with E-state index in [1.165, 1.54) is 0 Å². The second-order valence-corrected chi connectivity index (χ2v) is 7.78. The molecule has 0 atom stereocenters. The van der Waals surface area contributed by atoms with Crippen LogP contribution < -0.4 is 10.9 Å². The third-order valence-corrected chi connectivity index (χ3v) is 5.74. The van der Waals surface area contributed by atoms with E-state index < -0.39 is 0 Å². The Morgan fingerprint density at radius 3 is 1.74 bits per heavy atom. The van der Waals surface area contributed by atoms with Crippen LogP contribution in [0, 0.1) is 6.92 Å². The molecule has 0 radical (unpaired) electrons. The fourth-order valence-corrected chi connectivity index (χ4v) is 4.13. The highest BCUT2D eigenvalue weighted by molar-refractivity contribution is 5.94. The second kappa shape index (κ2) is 6.41. The quantitative estimate of drug-likeness (QED) is 0.307. The molecule has 0 amide bonds. The summed E-state index contributed by atoms with van der Waals surface area (Å²) in [4.78, 5) is 25.7. The largest absolute Gasteiger partial charge is 0.456 e. The summed E-state index contributed by atoms with van der Waals surface area (Å²) < 4.78 is 12.0. The summed E-state index contributed by atoms with van der Waals surface area (Å²) in [5.74, 6) is 0. The zero-order valence-electron chi connectivity index (χ0n) is 16.6. The number of hydrogen-bond donors (Lipinski definition) is 0. The van der Waals surface area contributed by atoms with Crippen molar-refractivity contribution >= 4 is 43.9 Å². The molecule has 6 aromatic rings. The van der Waals surface area contributed by atoms with Gasteiger partial charge in [-0.25, -0.2) is 0 Å². The molecule has 0 aliphatic rings. The van der Waals surface area contributed by atoms with Gasteiger partial charge < -0.3 is 8.83 Å². The Bertz CT molecular complexity index is 1790. The molecule has 0 saturated carbocycles. The van der Waals surface area contributed by atoms with Gasteiger partial charge in [-0.3, -0.25) is 9.59 Å². The van der Waals surface area contributed by atoms with Crippen molar-refractivity contribution in [3.05, 3.63) is 105 Å². The van der Waals surface area contributed by atoms with Gasteiger partial charge in [0.05, 0.1) is 21.5 Å². The van der Waals surface area contributed by atoms with Gasteiger partial charge in [-0.15, -0.1) is 0 Å². The van der Waals surface area contributed by atoms with Crippen LogP contribution in [0.2, 0.25) is 0 Å². The van der Waals surface area contributed by atoms with E-state index >= 15 is 0 Å². The smallest absolute Gasteiger partial charge is 0.200 e. The first-order chi connectivity index (χ1) is 15.1. The minimum absolute atomic E-state index is 0.0394. The lowest BCUT2D eigenvalue weighted by molar-refractivity contribution is 0.659. The maximum Gasteiger partial charge on any atom is 0.200 e. The van der Waals surface area contributed by atoms with E-state index in [2.05, 4.69) is 0 Å². The summed E-state index contributed by atoms with van der Waals surface area (Å²) in [5.41, 5.74) is 4.85. The molecule has 4 nitrogen and oxygen atoms in total. The van der Waals surface area contributed by atoms with Gasteiger partial charge in [0.25, 0.3) is 0 Å². The summed E-state index contributed by atoms with van der Waals surface area (Å²) in [7, 11) is 0. The highest BCUT2D eigenvalue weighted by Gasteiger charge is 2.12. The van der Waals surface area contributed by atoms with E-state index in [9.17, 15) is 9.59 Å². The van der Waals surface area contributed by atoms with E-state index in [1.807, 2.05) is 61.5 Å². The first-order valence-electron chi connectivity index (χ1n) is 10.0. The van der Waals surface area contributed by atoms with Crippen LogP contribution in [0.15, 0.2) is 97.3 Å². The van der Waals surface area contributed by atoms with Crippen LogP contribution in [-0.2, 0) is 0 Å². The first-order valence-corrected chi connectivity index (χ1v) is 10.0. The topological polar surface area (TPSA) is 60.4 Å². The highest BCUT2D eigenvalue weighted by atomic mass is 16.3. The van der Waals surface area contributed by atoms with E-state index in [0.29, 0.717) is 43.9 Å². The van der Waals surface area contributed by atoms with E-state index in [0.717, 1.165) is 16.7 Å². The SMILES string of the molecule is Cc1ccc2oc3cc(-c4ccc5c(=O)c6ccccc6oc5c4)ccc3c(=O)c2c1. The predicted molar refractivity (Wildman–Crippen MR) is 124 cm³/mol. The van der Waals surface area contributed by atoms with Crippen molar-refractivity contribution in [3.8, 4) is 11.1 Å². The van der Waals surface area contributed by atoms with E-state index in [1.54, 1.807) is 24.3 Å². The summed E-state index contributed by atoms with van der Waals surface area (Å²) in [6.45, 7) is 1.95. The van der Waals surface area contributed by atoms with E-state index in [4.69, 9.17) is 8.83 Å². The number of rotatable bonds is 1. The molecule has 0 fully saturated rings. The van der Waals surface area contributed by atoms with Gasteiger partial charge in [-0.05, 0) is 66.6 Å². The van der Waals surface area contributed by atoms with E-state index in [-0.39, 0.29) is 10.9 Å². The Morgan fingerprint density at radius 2 is 1.06 bits per heavy atom. The van der Waals surface area contributed by atoms with Crippen LogP contribution in [0.1, 0.15) is 5.56 Å². The number of para-hydroxylation sites is 1. The molecule has 0 bridgehead atoms. The van der Waals surface area contributed by atoms with Gasteiger partial charge in [-0.2, -0.15) is 0 Å². The normalized spacial score (nSPS) is 11.6. The van der Waals surface area contributed by atoms with Crippen LogP contribution in [0.5, 0.6) is 0 Å². The standard InChI is InChI=1S/C27H16O4/c1-15-6-11-23-21(12-15)27(29)20-10-8-17(14-25(20)31-23)16-7-9-19-24(13-16)30-22-5-3-2-4-18(22)26(19)28/h2-14H,1H3. The van der Waals surface area contributed by atoms with Crippen molar-refractivity contribution in [2.45, 2.75) is 6.92 Å². The van der Waals surface area contributed by atoms with Crippen molar-refractivity contribution in [2.75, 3.05) is 0 Å². The average molecular weight is 404 g/mol. The van der Waals surface area contributed by atoms with Gasteiger partial charge >= 0.3 is 0 Å². The second-order valence-electron chi connectivity index (χ2n) is 7.78. The van der Waals surface area contributed by atoms with Gasteiger partial charge in [0.2, 0.25) is 10.9 Å². The van der Waals surface area contributed by atoms with Crippen LogP contribution in [0.25, 0.3) is 55.0 Å². The Kier molecular flexibility index (Phi) is 3.65. The molecule has 6 rings (SSSR count). The van der Waals surface area contributed by atoms with Gasteiger partial charge in [0, 0.05) is 0 Å². The average Bonchev–Trinajstić information content (AvgIpc) is 2.79. The summed E-state index contributed by atoms with van der Waals surface area (Å²) >= 11 is 0. The third-order valence-electron chi connectivity index (χ3n) is 5.74. The van der Waals surface area contributed by atoms with Gasteiger partial charge in [0.15, 0.2) is 0 Å². The molecule has 0 unspecified atom stereocenters. The lowest BCUT2D eigenvalue weighted by Gasteiger charge is -2.07. The van der Waals surface area contributed by atoms with Crippen LogP contribution in [0.3, 0.4) is 0 Å². The van der Waals surface area contributed by atoms with Crippen molar-refractivity contribution in [1.82, 2.24) is 0 Å². The molecule has 4 heteroatoms. The molecule has 0 spiro atoms. The van der Waals surface area contributed by atoms with Crippen LogP contribution in [0.4, 0.5) is 0 Å². The number of fused-ring (bicyclic) bond motifs is 4. The highest BCUT2D eigenvalue weighted by Crippen LogP contribution is 2.29. The van der Waals surface area contributed by atoms with Crippen LogP contribution in [-0.4, -0.2) is 0 Å². The minimum atomic E-state index is -0.0466. The molecule has 2 aromatic heterocycles. The molecule has 0 N–H and O–H groups in total. The fourth-order valence-electron chi connectivity index (χ4n) is 4.13. The van der Waals surface area contributed by atoms with Crippen molar-refractivity contribution in [1.29, 1.82) is 0 Å². The third kappa shape index (κ3) is 2.69. The maximum absolute atomic E-state index is 12.9. The fraction of sp³-hybridized carbons (Fsp3) is 0.0370. The van der Waals surface area contributed by atoms with Crippen molar-refractivity contribution < 1.29 is 8.83 Å². The summed E-state index contributed by atoms with van der Waals surface area (Å²) in [6.07, 6.45) is 0. The molecule has 0 aliphatic carbocycles. The first kappa shape index (κ1) is 17.7. The number of hydrogen-bond acceptors (Lipinski definition) is 4.